The van der Waals surface area contributed by atoms with E-state index in [1.54, 1.807) is 0 Å². The lowest BCUT2D eigenvalue weighted by molar-refractivity contribution is 0.651. The van der Waals surface area contributed by atoms with Gasteiger partial charge >= 0.3 is 0 Å². The highest BCUT2D eigenvalue weighted by Crippen LogP contribution is 2.06. The zero-order chi connectivity index (χ0) is 13.3. The van der Waals surface area contributed by atoms with E-state index in [0.717, 1.165) is 6.42 Å². The van der Waals surface area contributed by atoms with E-state index in [0.29, 0.717) is 0 Å². The minimum Gasteiger partial charge on any atom is -0.0885 e. The molecule has 18 heavy (non-hydrogen) atoms. The first-order chi connectivity index (χ1) is 8.91. The predicted molar refractivity (Wildman–Crippen MR) is 84.7 cm³/mol. The quantitative estimate of drug-likeness (QED) is 0.254. The number of unbranched alkanes of at least 4 members (excludes halogenated alkanes) is 9. The predicted octanol–water partition coefficient (Wildman–Crippen LogP) is 6.63. The molecule has 0 rings (SSSR count). The van der Waals surface area contributed by atoms with Crippen molar-refractivity contribution >= 4 is 0 Å². The molecule has 0 atom stereocenters. The molecule has 0 aromatic heterocycles. The van der Waals surface area contributed by atoms with Crippen LogP contribution in [0.15, 0.2) is 24.3 Å². The monoisotopic (exact) mass is 249 g/mol. The fourth-order valence-corrected chi connectivity index (χ4v) is 1.94. The Morgan fingerprint density at radius 2 is 1.11 bits per heavy atom. The lowest BCUT2D eigenvalue weighted by Gasteiger charge is -1.96. The molecule has 0 aromatic rings. The van der Waals surface area contributed by atoms with Crippen molar-refractivity contribution in [3.8, 4) is 0 Å². The minimum absolute atomic E-state index is 1.10. The zero-order valence-electron chi connectivity index (χ0n) is 12.5. The Morgan fingerprint density at radius 1 is 0.611 bits per heavy atom. The maximum absolute atomic E-state index is 3.87. The Morgan fingerprint density at radius 3 is 1.67 bits per heavy atom. The second-order valence-electron chi connectivity index (χ2n) is 5.07. The highest BCUT2D eigenvalue weighted by molar-refractivity contribution is 4.85. The van der Waals surface area contributed by atoms with Gasteiger partial charge in [0, 0.05) is 0 Å². The molecular formula is C18H33. The molecule has 0 amide bonds. The number of hydrogen-bond acceptors (Lipinski definition) is 0. The fraction of sp³-hybridized carbons (Fsp3) is 0.722. The third-order valence-electron chi connectivity index (χ3n) is 3.17. The number of hydrogen-bond donors (Lipinski definition) is 0. The van der Waals surface area contributed by atoms with Gasteiger partial charge in [0.15, 0.2) is 0 Å². The molecule has 0 spiro atoms. The largest absolute Gasteiger partial charge is 0.0885 e. The van der Waals surface area contributed by atoms with Crippen molar-refractivity contribution in [1.29, 1.82) is 0 Å². The summed E-state index contributed by atoms with van der Waals surface area (Å²) in [7, 11) is 0. The van der Waals surface area contributed by atoms with Crippen molar-refractivity contribution in [3.05, 3.63) is 31.2 Å². The van der Waals surface area contributed by atoms with E-state index in [4.69, 9.17) is 0 Å². The van der Waals surface area contributed by atoms with Gasteiger partial charge in [-0.1, -0.05) is 76.7 Å². The van der Waals surface area contributed by atoms with Crippen molar-refractivity contribution in [2.75, 3.05) is 0 Å². The molecule has 105 valence electrons. The van der Waals surface area contributed by atoms with E-state index >= 15 is 0 Å². The Kier molecular flexibility index (Phi) is 16.0. The van der Waals surface area contributed by atoms with Gasteiger partial charge < -0.3 is 0 Å². The first-order valence-corrected chi connectivity index (χ1v) is 8.01. The van der Waals surface area contributed by atoms with Crippen LogP contribution in [0, 0.1) is 6.92 Å². The molecule has 0 saturated carbocycles. The van der Waals surface area contributed by atoms with Crippen LogP contribution in [0.25, 0.3) is 0 Å². The maximum Gasteiger partial charge on any atom is -0.0348 e. The van der Waals surface area contributed by atoms with Crippen molar-refractivity contribution < 1.29 is 0 Å². The summed E-state index contributed by atoms with van der Waals surface area (Å²) in [6.45, 7) is 6.11. The molecule has 1 radical (unpaired) electrons. The van der Waals surface area contributed by atoms with Crippen LogP contribution >= 0.6 is 0 Å². The van der Waals surface area contributed by atoms with E-state index < -0.39 is 0 Å². The molecule has 0 unspecified atom stereocenters. The second kappa shape index (κ2) is 16.5. The Labute approximate surface area is 116 Å². The second-order valence-corrected chi connectivity index (χ2v) is 5.07. The molecule has 0 N–H and O–H groups in total. The molecule has 0 bridgehead atoms. The Balaban J connectivity index is 3.11. The van der Waals surface area contributed by atoms with Crippen LogP contribution in [0.5, 0.6) is 0 Å². The maximum atomic E-state index is 3.87. The molecule has 0 aromatic carbocycles. The summed E-state index contributed by atoms with van der Waals surface area (Å²) in [4.78, 5) is 0. The lowest BCUT2D eigenvalue weighted by atomic mass is 10.1. The van der Waals surface area contributed by atoms with Crippen LogP contribution in [0.3, 0.4) is 0 Å². The fourth-order valence-electron chi connectivity index (χ4n) is 1.94. The number of rotatable bonds is 13. The summed E-state index contributed by atoms with van der Waals surface area (Å²) in [5, 5.41) is 0. The van der Waals surface area contributed by atoms with Gasteiger partial charge in [-0.15, -0.1) is 0 Å². The first kappa shape index (κ1) is 17.5. The van der Waals surface area contributed by atoms with Gasteiger partial charge in [0.05, 0.1) is 0 Å². The average molecular weight is 249 g/mol. The molecule has 0 aliphatic heterocycles. The van der Waals surface area contributed by atoms with Crippen LogP contribution in [0.2, 0.25) is 0 Å². The topological polar surface area (TPSA) is 0 Å². The minimum atomic E-state index is 1.10. The van der Waals surface area contributed by atoms with Crippen molar-refractivity contribution in [1.82, 2.24) is 0 Å². The molecule has 0 aliphatic carbocycles. The summed E-state index contributed by atoms with van der Waals surface area (Å²) < 4.78 is 0. The Hall–Kier alpha value is -0.520. The molecule has 0 aliphatic rings. The van der Waals surface area contributed by atoms with Gasteiger partial charge in [0.25, 0.3) is 0 Å². The lowest BCUT2D eigenvalue weighted by Crippen LogP contribution is -1.76. The molecule has 0 nitrogen and oxygen atoms in total. The molecule has 0 heterocycles. The van der Waals surface area contributed by atoms with Gasteiger partial charge in [0.1, 0.15) is 0 Å². The summed E-state index contributed by atoms with van der Waals surface area (Å²) in [5.41, 5.74) is 0. The summed E-state index contributed by atoms with van der Waals surface area (Å²) >= 11 is 0. The molecule has 0 fully saturated rings. The first-order valence-electron chi connectivity index (χ1n) is 8.01. The number of allylic oxidation sites excluding steroid dienone is 4. The van der Waals surface area contributed by atoms with E-state index in [1.807, 2.05) is 0 Å². The smallest absolute Gasteiger partial charge is 0.0348 e. The van der Waals surface area contributed by atoms with Crippen molar-refractivity contribution in [3.63, 3.8) is 0 Å². The van der Waals surface area contributed by atoms with E-state index in [9.17, 15) is 0 Å². The highest BCUT2D eigenvalue weighted by Gasteiger charge is 1.86. The SMILES string of the molecule is [CH2]CCCCCCC=CCCCC=CCCCC. The van der Waals surface area contributed by atoms with E-state index in [-0.39, 0.29) is 0 Å². The van der Waals surface area contributed by atoms with Crippen LogP contribution in [-0.4, -0.2) is 0 Å². The van der Waals surface area contributed by atoms with Gasteiger partial charge in [-0.25, -0.2) is 0 Å². The normalized spacial score (nSPS) is 11.9. The van der Waals surface area contributed by atoms with Crippen LogP contribution < -0.4 is 0 Å². The molecular weight excluding hydrogens is 216 g/mol. The Bertz CT molecular complexity index is 188. The van der Waals surface area contributed by atoms with Crippen molar-refractivity contribution in [2.24, 2.45) is 0 Å². The molecule has 0 heteroatoms. The third kappa shape index (κ3) is 15.5. The van der Waals surface area contributed by atoms with Crippen LogP contribution in [0.1, 0.15) is 84.0 Å². The van der Waals surface area contributed by atoms with Crippen LogP contribution in [0.4, 0.5) is 0 Å². The van der Waals surface area contributed by atoms with Gasteiger partial charge in [-0.3, -0.25) is 0 Å². The van der Waals surface area contributed by atoms with E-state index in [1.165, 1.54) is 70.6 Å². The summed E-state index contributed by atoms with van der Waals surface area (Å²) in [6, 6.07) is 0. The highest BCUT2D eigenvalue weighted by atomic mass is 13.9. The summed E-state index contributed by atoms with van der Waals surface area (Å²) in [5.74, 6) is 0. The van der Waals surface area contributed by atoms with Gasteiger partial charge in [0.2, 0.25) is 0 Å². The van der Waals surface area contributed by atoms with Crippen LogP contribution in [-0.2, 0) is 0 Å². The third-order valence-corrected chi connectivity index (χ3v) is 3.17. The average Bonchev–Trinajstić information content (AvgIpc) is 2.39. The summed E-state index contributed by atoms with van der Waals surface area (Å²) in [6.07, 6.45) is 24.9. The standard InChI is InChI=1S/C18H33/c1-3-5-7-9-11-13-15-17-18-16-14-12-10-8-6-4-2/h10,12,15,17H,1,3-9,11,13-14,16,18H2,2H3. The van der Waals surface area contributed by atoms with Gasteiger partial charge in [-0.05, 0) is 38.5 Å². The molecule has 0 saturated heterocycles. The van der Waals surface area contributed by atoms with Crippen molar-refractivity contribution in [2.45, 2.75) is 84.0 Å². The van der Waals surface area contributed by atoms with E-state index in [2.05, 4.69) is 38.2 Å². The van der Waals surface area contributed by atoms with Gasteiger partial charge in [-0.2, -0.15) is 0 Å². The zero-order valence-corrected chi connectivity index (χ0v) is 12.5.